The first-order chi connectivity index (χ1) is 8.06. The van der Waals surface area contributed by atoms with Crippen LogP contribution in [0.5, 0.6) is 0 Å². The van der Waals surface area contributed by atoms with Gasteiger partial charge in [0, 0.05) is 11.0 Å². The Balaban J connectivity index is 2.42. The van der Waals surface area contributed by atoms with Crippen LogP contribution in [0.1, 0.15) is 10.4 Å². The largest absolute Gasteiger partial charge is 0.390 e. The lowest BCUT2D eigenvalue weighted by molar-refractivity contribution is -0.114. The molecule has 0 saturated heterocycles. The number of Topliss-reactive ketones (excluding diaryl/α,β-unsaturated/α-hetero) is 1. The van der Waals surface area contributed by atoms with Crippen LogP contribution in [0.4, 0.5) is 5.69 Å². The van der Waals surface area contributed by atoms with Gasteiger partial charge in [0.05, 0.1) is 23.9 Å². The molecule has 90 valence electrons. The van der Waals surface area contributed by atoms with Crippen molar-refractivity contribution >= 4 is 33.3 Å². The number of aliphatic hydroxyl groups is 1. The fourth-order valence-electron chi connectivity index (χ4n) is 1.77. The summed E-state index contributed by atoms with van der Waals surface area (Å²) in [6.45, 7) is 0.0752. The van der Waals surface area contributed by atoms with E-state index in [0.717, 1.165) is 0 Å². The number of amides is 1. The van der Waals surface area contributed by atoms with Gasteiger partial charge in [-0.15, -0.1) is 0 Å². The Labute approximate surface area is 106 Å². The van der Waals surface area contributed by atoms with Crippen molar-refractivity contribution in [1.82, 2.24) is 0 Å². The SMILES string of the molecule is NCC(O)CN1C(=O)C(=O)c2c(Br)cccc21. The second kappa shape index (κ2) is 4.56. The Morgan fingerprint density at radius 2 is 2.12 bits per heavy atom. The number of carbonyl (C=O) groups excluding carboxylic acids is 2. The summed E-state index contributed by atoms with van der Waals surface area (Å²) in [7, 11) is 0. The molecule has 0 radical (unpaired) electrons. The van der Waals surface area contributed by atoms with Crippen LogP contribution < -0.4 is 10.6 Å². The summed E-state index contributed by atoms with van der Waals surface area (Å²) in [5.74, 6) is -1.18. The fraction of sp³-hybridized carbons (Fsp3) is 0.273. The van der Waals surface area contributed by atoms with E-state index in [9.17, 15) is 14.7 Å². The van der Waals surface area contributed by atoms with Gasteiger partial charge in [-0.2, -0.15) is 0 Å². The van der Waals surface area contributed by atoms with Crippen LogP contribution in [0.25, 0.3) is 0 Å². The van der Waals surface area contributed by atoms with Gasteiger partial charge < -0.3 is 15.7 Å². The molecular formula is C11H11BrN2O3. The summed E-state index contributed by atoms with van der Waals surface area (Å²) in [4.78, 5) is 24.8. The van der Waals surface area contributed by atoms with E-state index in [1.54, 1.807) is 18.2 Å². The summed E-state index contributed by atoms with van der Waals surface area (Å²) in [6, 6.07) is 5.11. The van der Waals surface area contributed by atoms with E-state index in [1.165, 1.54) is 4.90 Å². The minimum Gasteiger partial charge on any atom is -0.390 e. The second-order valence-corrected chi connectivity index (χ2v) is 4.62. The Hall–Kier alpha value is -1.24. The molecule has 17 heavy (non-hydrogen) atoms. The number of anilines is 1. The highest BCUT2D eigenvalue weighted by molar-refractivity contribution is 9.10. The van der Waals surface area contributed by atoms with Gasteiger partial charge in [-0.1, -0.05) is 6.07 Å². The third kappa shape index (κ3) is 1.99. The lowest BCUT2D eigenvalue weighted by Crippen LogP contribution is -2.39. The van der Waals surface area contributed by atoms with E-state index in [1.807, 2.05) is 0 Å². The number of halogens is 1. The first-order valence-corrected chi connectivity index (χ1v) is 5.88. The van der Waals surface area contributed by atoms with Crippen molar-refractivity contribution in [1.29, 1.82) is 0 Å². The number of aliphatic hydroxyl groups excluding tert-OH is 1. The van der Waals surface area contributed by atoms with Crippen LogP contribution in [-0.4, -0.2) is 36.0 Å². The van der Waals surface area contributed by atoms with Crippen LogP contribution in [0.15, 0.2) is 22.7 Å². The van der Waals surface area contributed by atoms with Crippen molar-refractivity contribution < 1.29 is 14.7 Å². The highest BCUT2D eigenvalue weighted by atomic mass is 79.9. The molecule has 1 amide bonds. The quantitative estimate of drug-likeness (QED) is 0.786. The maximum Gasteiger partial charge on any atom is 0.299 e. The average molecular weight is 299 g/mol. The highest BCUT2D eigenvalue weighted by Gasteiger charge is 2.37. The van der Waals surface area contributed by atoms with Gasteiger partial charge in [0.2, 0.25) is 0 Å². The molecule has 1 aromatic carbocycles. The molecule has 5 nitrogen and oxygen atoms in total. The maximum absolute atomic E-state index is 11.8. The molecule has 0 aromatic heterocycles. The molecule has 6 heteroatoms. The van der Waals surface area contributed by atoms with Gasteiger partial charge in [0.15, 0.2) is 0 Å². The third-order valence-corrected chi connectivity index (χ3v) is 3.28. The number of ketones is 1. The van der Waals surface area contributed by atoms with E-state index in [0.29, 0.717) is 15.7 Å². The fourth-order valence-corrected chi connectivity index (χ4v) is 2.30. The van der Waals surface area contributed by atoms with Crippen molar-refractivity contribution in [2.75, 3.05) is 18.0 Å². The number of hydrogen-bond acceptors (Lipinski definition) is 4. The van der Waals surface area contributed by atoms with Gasteiger partial charge in [-0.25, -0.2) is 0 Å². The van der Waals surface area contributed by atoms with Gasteiger partial charge >= 0.3 is 0 Å². The number of nitrogens with two attached hydrogens (primary N) is 1. The molecule has 1 aliphatic heterocycles. The Kier molecular flexibility index (Phi) is 3.28. The van der Waals surface area contributed by atoms with Gasteiger partial charge in [-0.05, 0) is 28.1 Å². The molecule has 3 N–H and O–H groups in total. The highest BCUT2D eigenvalue weighted by Crippen LogP contribution is 2.34. The first kappa shape index (κ1) is 12.2. The van der Waals surface area contributed by atoms with E-state index >= 15 is 0 Å². The van der Waals surface area contributed by atoms with E-state index in [4.69, 9.17) is 5.73 Å². The molecule has 0 bridgehead atoms. The molecular weight excluding hydrogens is 288 g/mol. The van der Waals surface area contributed by atoms with Crippen molar-refractivity contribution in [3.8, 4) is 0 Å². The monoisotopic (exact) mass is 298 g/mol. The molecule has 1 aliphatic rings. The molecule has 1 atom stereocenters. The van der Waals surface area contributed by atoms with Crippen LogP contribution in [0, 0.1) is 0 Å². The maximum atomic E-state index is 11.8. The topological polar surface area (TPSA) is 83.6 Å². The zero-order chi connectivity index (χ0) is 12.6. The molecule has 0 aliphatic carbocycles. The minimum absolute atomic E-state index is 0.0323. The van der Waals surface area contributed by atoms with E-state index in [2.05, 4.69) is 15.9 Å². The van der Waals surface area contributed by atoms with Crippen molar-refractivity contribution in [3.05, 3.63) is 28.2 Å². The summed E-state index contributed by atoms with van der Waals surface area (Å²) >= 11 is 3.24. The van der Waals surface area contributed by atoms with Crippen LogP contribution in [-0.2, 0) is 4.79 Å². The number of β-amino-alcohol motifs (C(OH)–C–C–N with tert-alkyl or cyclic N) is 1. The van der Waals surface area contributed by atoms with Crippen LogP contribution >= 0.6 is 15.9 Å². The second-order valence-electron chi connectivity index (χ2n) is 3.77. The molecule has 1 unspecified atom stereocenters. The number of hydrogen-bond donors (Lipinski definition) is 2. The van der Waals surface area contributed by atoms with E-state index < -0.39 is 17.8 Å². The van der Waals surface area contributed by atoms with Crippen LogP contribution in [0.2, 0.25) is 0 Å². The summed E-state index contributed by atoms with van der Waals surface area (Å²) < 4.78 is 0.582. The number of fused-ring (bicyclic) bond motifs is 1. The summed E-state index contributed by atoms with van der Waals surface area (Å²) in [5, 5.41) is 9.48. The predicted octanol–water partition coefficient (Wildman–Crippen LogP) is 0.298. The zero-order valence-corrected chi connectivity index (χ0v) is 10.5. The summed E-state index contributed by atoms with van der Waals surface area (Å²) in [6.07, 6.45) is -0.836. The van der Waals surface area contributed by atoms with Crippen molar-refractivity contribution in [2.24, 2.45) is 5.73 Å². The zero-order valence-electron chi connectivity index (χ0n) is 8.89. The molecule has 1 aromatic rings. The van der Waals surface area contributed by atoms with Gasteiger partial charge in [0.1, 0.15) is 0 Å². The Morgan fingerprint density at radius 1 is 1.41 bits per heavy atom. The Bertz CT molecular complexity index is 490. The van der Waals surface area contributed by atoms with E-state index in [-0.39, 0.29) is 13.1 Å². The number of carbonyl (C=O) groups is 2. The normalized spacial score (nSPS) is 16.3. The van der Waals surface area contributed by atoms with Crippen LogP contribution in [0.3, 0.4) is 0 Å². The molecule has 0 saturated carbocycles. The summed E-state index contributed by atoms with van der Waals surface area (Å²) in [5.41, 5.74) is 6.16. The molecule has 1 heterocycles. The lowest BCUT2D eigenvalue weighted by Gasteiger charge is -2.19. The third-order valence-electron chi connectivity index (χ3n) is 2.61. The standard InChI is InChI=1S/C11H11BrN2O3/c12-7-2-1-3-8-9(7)10(16)11(17)14(8)5-6(15)4-13/h1-3,6,15H,4-5,13H2. The van der Waals surface area contributed by atoms with Gasteiger partial charge in [-0.3, -0.25) is 9.59 Å². The van der Waals surface area contributed by atoms with Crippen molar-refractivity contribution in [3.63, 3.8) is 0 Å². The number of benzene rings is 1. The first-order valence-electron chi connectivity index (χ1n) is 5.09. The van der Waals surface area contributed by atoms with Crippen molar-refractivity contribution in [2.45, 2.75) is 6.10 Å². The minimum atomic E-state index is -0.836. The lowest BCUT2D eigenvalue weighted by atomic mass is 10.1. The van der Waals surface area contributed by atoms with Gasteiger partial charge in [0.25, 0.3) is 11.7 Å². The Morgan fingerprint density at radius 3 is 2.76 bits per heavy atom. The predicted molar refractivity (Wildman–Crippen MR) is 65.9 cm³/mol. The number of rotatable bonds is 3. The smallest absolute Gasteiger partial charge is 0.299 e. The molecule has 0 fully saturated rings. The molecule has 0 spiro atoms. The molecule has 2 rings (SSSR count). The average Bonchev–Trinajstić information content (AvgIpc) is 2.55. The number of nitrogens with zero attached hydrogens (tertiary/aromatic N) is 1.